The summed E-state index contributed by atoms with van der Waals surface area (Å²) >= 11 is 0. The van der Waals surface area contributed by atoms with Crippen LogP contribution >= 0.6 is 0 Å². The highest BCUT2D eigenvalue weighted by molar-refractivity contribution is 6.02. The van der Waals surface area contributed by atoms with E-state index in [9.17, 15) is 14.9 Å². The van der Waals surface area contributed by atoms with Crippen LogP contribution in [0, 0.1) is 17.0 Å². The Morgan fingerprint density at radius 3 is 2.64 bits per heavy atom. The van der Waals surface area contributed by atoms with E-state index >= 15 is 0 Å². The number of anilines is 1. The lowest BCUT2D eigenvalue weighted by molar-refractivity contribution is -0.384. The molecule has 2 aromatic heterocycles. The van der Waals surface area contributed by atoms with Gasteiger partial charge in [0.2, 0.25) is 11.6 Å². The zero-order valence-corrected chi connectivity index (χ0v) is 17.5. The van der Waals surface area contributed by atoms with Gasteiger partial charge in [-0.3, -0.25) is 14.9 Å². The molecular weight excluding hydrogens is 430 g/mol. The second-order valence-corrected chi connectivity index (χ2v) is 6.98. The summed E-state index contributed by atoms with van der Waals surface area (Å²) in [4.78, 5) is 23.7. The average Bonchev–Trinajstić information content (AvgIpc) is 3.43. The summed E-state index contributed by atoms with van der Waals surface area (Å²) < 4.78 is 5.74. The maximum atomic E-state index is 13.0. The zero-order chi connectivity index (χ0) is 23.5. The first kappa shape index (κ1) is 21.3. The molecule has 0 aliphatic rings. The molecule has 13 heteroatoms. The number of hydrogen-bond donors (Lipinski definition) is 2. The molecule has 0 spiro atoms. The van der Waals surface area contributed by atoms with Crippen molar-refractivity contribution >= 4 is 23.1 Å². The van der Waals surface area contributed by atoms with Crippen LogP contribution in [0.15, 0.2) is 58.3 Å². The molecule has 0 aliphatic heterocycles. The summed E-state index contributed by atoms with van der Waals surface area (Å²) in [6, 6.07) is 13.2. The summed E-state index contributed by atoms with van der Waals surface area (Å²) in [6.07, 6.45) is 0. The number of aryl methyl sites for hydroxylation is 1. The number of hydrogen-bond acceptors (Lipinski definition) is 10. The van der Waals surface area contributed by atoms with Gasteiger partial charge in [-0.15, -0.1) is 5.10 Å². The molecule has 0 aliphatic carbocycles. The van der Waals surface area contributed by atoms with Gasteiger partial charge in [-0.05, 0) is 29.7 Å². The molecule has 0 radical (unpaired) electrons. The van der Waals surface area contributed by atoms with Crippen LogP contribution in [0.3, 0.4) is 0 Å². The van der Waals surface area contributed by atoms with Crippen molar-refractivity contribution in [1.29, 1.82) is 0 Å². The number of nitrogen functional groups attached to an aromatic ring is 1. The first-order chi connectivity index (χ1) is 15.8. The molecule has 166 valence electrons. The number of nitrogens with one attached hydrogen (secondary N) is 1. The van der Waals surface area contributed by atoms with Crippen LogP contribution in [0.4, 0.5) is 11.5 Å². The molecule has 4 rings (SSSR count). The Morgan fingerprint density at radius 1 is 1.21 bits per heavy atom. The van der Waals surface area contributed by atoms with Crippen LogP contribution in [0.1, 0.15) is 28.5 Å². The number of nitrogens with zero attached hydrogens (tertiary/aromatic N) is 7. The largest absolute Gasteiger partial charge is 0.378 e. The number of aromatic nitrogens is 5. The minimum absolute atomic E-state index is 0.0256. The van der Waals surface area contributed by atoms with Crippen molar-refractivity contribution in [1.82, 2.24) is 30.7 Å². The van der Waals surface area contributed by atoms with E-state index in [2.05, 4.69) is 35.8 Å². The Labute approximate surface area is 186 Å². The van der Waals surface area contributed by atoms with Gasteiger partial charge in [-0.2, -0.15) is 9.78 Å². The van der Waals surface area contributed by atoms with E-state index in [-0.39, 0.29) is 34.3 Å². The Balaban J connectivity index is 1.74. The number of carbonyl (C=O) groups is 1. The van der Waals surface area contributed by atoms with Gasteiger partial charge in [0.1, 0.15) is 5.69 Å². The minimum Gasteiger partial charge on any atom is -0.378 e. The zero-order valence-electron chi connectivity index (χ0n) is 17.5. The molecule has 0 fully saturated rings. The molecule has 1 amide bonds. The first-order valence-corrected chi connectivity index (χ1v) is 9.55. The smallest absolute Gasteiger partial charge is 0.294 e. The molecule has 33 heavy (non-hydrogen) atoms. The molecule has 0 saturated heterocycles. The summed E-state index contributed by atoms with van der Waals surface area (Å²) in [5.74, 6) is -0.821. The lowest BCUT2D eigenvalue weighted by Gasteiger charge is -2.06. The number of benzene rings is 2. The fraction of sp³-hybridized carbons (Fsp3) is 0.100. The van der Waals surface area contributed by atoms with Crippen molar-refractivity contribution in [2.24, 2.45) is 5.10 Å². The molecule has 0 atom stereocenters. The third kappa shape index (κ3) is 4.27. The van der Waals surface area contributed by atoms with E-state index in [1.54, 1.807) is 13.0 Å². The fourth-order valence-electron chi connectivity index (χ4n) is 2.99. The van der Waals surface area contributed by atoms with Crippen LogP contribution in [-0.2, 0) is 0 Å². The molecule has 0 unspecified atom stereocenters. The molecular formula is C20H17N9O4. The number of nitro groups is 1. The summed E-state index contributed by atoms with van der Waals surface area (Å²) in [5.41, 5.74) is 10.7. The van der Waals surface area contributed by atoms with Crippen LogP contribution in [0.25, 0.3) is 17.1 Å². The molecule has 3 N–H and O–H groups in total. The number of hydrazone groups is 1. The molecule has 0 saturated carbocycles. The second-order valence-electron chi connectivity index (χ2n) is 6.98. The Kier molecular flexibility index (Phi) is 5.59. The monoisotopic (exact) mass is 447 g/mol. The summed E-state index contributed by atoms with van der Waals surface area (Å²) in [6.45, 7) is 3.71. The molecule has 0 bridgehead atoms. The number of nitro benzene ring substituents is 1. The number of rotatable bonds is 6. The highest BCUT2D eigenvalue weighted by Gasteiger charge is 2.26. The van der Waals surface area contributed by atoms with E-state index in [1.165, 1.54) is 18.2 Å². The Hall–Kier alpha value is -4.94. The highest BCUT2D eigenvalue weighted by Crippen LogP contribution is 2.29. The quantitative estimate of drug-likeness (QED) is 0.254. The van der Waals surface area contributed by atoms with Crippen molar-refractivity contribution in [2.45, 2.75) is 13.8 Å². The molecule has 13 nitrogen and oxygen atoms in total. The van der Waals surface area contributed by atoms with E-state index in [0.717, 1.165) is 15.8 Å². The standard InChI is InChI=1S/C20H17N9O4/c1-11-6-8-13(9-7-11)12(2)22-24-20(30)16-17(14-4-3-5-15(10-14)29(31)32)28(27-23-16)19-18(21)25-33-26-19/h3-10H,1-2H3,(H2,21,25)(H,24,30)/b22-12+. The summed E-state index contributed by atoms with van der Waals surface area (Å²) in [5, 5.41) is 30.4. The van der Waals surface area contributed by atoms with Crippen molar-refractivity contribution in [3.8, 4) is 17.1 Å². The van der Waals surface area contributed by atoms with E-state index < -0.39 is 10.8 Å². The van der Waals surface area contributed by atoms with Gasteiger partial charge in [-0.1, -0.05) is 47.2 Å². The summed E-state index contributed by atoms with van der Waals surface area (Å²) in [7, 11) is 0. The number of carbonyl (C=O) groups excluding carboxylic acids is 1. The van der Waals surface area contributed by atoms with E-state index in [1.807, 2.05) is 31.2 Å². The molecule has 4 aromatic rings. The third-order valence-electron chi connectivity index (χ3n) is 4.71. The van der Waals surface area contributed by atoms with Gasteiger partial charge < -0.3 is 5.73 Å². The van der Waals surface area contributed by atoms with Crippen LogP contribution in [0.2, 0.25) is 0 Å². The third-order valence-corrected chi connectivity index (χ3v) is 4.71. The normalized spacial score (nSPS) is 11.4. The number of nitrogens with two attached hydrogens (primary N) is 1. The van der Waals surface area contributed by atoms with Crippen LogP contribution in [0.5, 0.6) is 0 Å². The minimum atomic E-state index is -0.691. The lowest BCUT2D eigenvalue weighted by atomic mass is 10.1. The van der Waals surface area contributed by atoms with Crippen LogP contribution < -0.4 is 11.2 Å². The van der Waals surface area contributed by atoms with Crippen molar-refractivity contribution in [2.75, 3.05) is 5.73 Å². The van der Waals surface area contributed by atoms with Gasteiger partial charge >= 0.3 is 0 Å². The predicted octanol–water partition coefficient (Wildman–Crippen LogP) is 2.27. The Morgan fingerprint density at radius 2 is 1.97 bits per heavy atom. The second kappa shape index (κ2) is 8.66. The maximum Gasteiger partial charge on any atom is 0.294 e. The molecule has 2 heterocycles. The maximum absolute atomic E-state index is 13.0. The Bertz CT molecular complexity index is 1370. The van der Waals surface area contributed by atoms with Crippen molar-refractivity contribution in [3.05, 3.63) is 75.5 Å². The topological polar surface area (TPSA) is 180 Å². The van der Waals surface area contributed by atoms with E-state index in [4.69, 9.17) is 5.73 Å². The number of non-ortho nitro benzene ring substituents is 1. The van der Waals surface area contributed by atoms with Gasteiger partial charge in [0.15, 0.2) is 5.69 Å². The number of amides is 1. The van der Waals surface area contributed by atoms with Crippen LogP contribution in [-0.4, -0.2) is 41.8 Å². The van der Waals surface area contributed by atoms with Crippen molar-refractivity contribution in [3.63, 3.8) is 0 Å². The first-order valence-electron chi connectivity index (χ1n) is 9.55. The SMILES string of the molecule is C/C(=N\NC(=O)c1nnn(-c2nonc2N)c1-c1cccc([N+](=O)[O-])c1)c1ccc(C)cc1. The predicted molar refractivity (Wildman–Crippen MR) is 117 cm³/mol. The average molecular weight is 447 g/mol. The fourth-order valence-corrected chi connectivity index (χ4v) is 2.99. The van der Waals surface area contributed by atoms with Gasteiger partial charge in [0.05, 0.1) is 10.6 Å². The van der Waals surface area contributed by atoms with Gasteiger partial charge in [0, 0.05) is 17.7 Å². The highest BCUT2D eigenvalue weighted by atomic mass is 16.6. The van der Waals surface area contributed by atoms with Gasteiger partial charge in [-0.25, -0.2) is 10.1 Å². The van der Waals surface area contributed by atoms with Crippen molar-refractivity contribution < 1.29 is 14.3 Å². The molecule has 2 aromatic carbocycles. The lowest BCUT2D eigenvalue weighted by Crippen LogP contribution is -2.21. The van der Waals surface area contributed by atoms with E-state index in [0.29, 0.717) is 5.71 Å². The van der Waals surface area contributed by atoms with Gasteiger partial charge in [0.25, 0.3) is 11.6 Å².